The summed E-state index contributed by atoms with van der Waals surface area (Å²) in [7, 11) is 0. The number of rotatable bonds is 2. The molecule has 0 aromatic carbocycles. The van der Waals surface area contributed by atoms with E-state index in [2.05, 4.69) is 15.4 Å². The summed E-state index contributed by atoms with van der Waals surface area (Å²) in [6.45, 7) is 2.26. The first-order valence-electron chi connectivity index (χ1n) is 4.76. The minimum absolute atomic E-state index is 0.872. The van der Waals surface area contributed by atoms with E-state index in [1.807, 2.05) is 6.07 Å². The summed E-state index contributed by atoms with van der Waals surface area (Å²) in [5, 5.41) is 3.36. The highest BCUT2D eigenvalue weighted by atomic mass is 32.1. The zero-order chi connectivity index (χ0) is 9.38. The van der Waals surface area contributed by atoms with Gasteiger partial charge in [0, 0.05) is 19.2 Å². The summed E-state index contributed by atoms with van der Waals surface area (Å²) >= 11 is 1.63. The molecule has 0 aliphatic carbocycles. The summed E-state index contributed by atoms with van der Waals surface area (Å²) in [5.74, 6) is 0. The average Bonchev–Trinajstić information content (AvgIpc) is 2.78. The standard InChI is InChI=1S/C9H11N3OS/c1-2-4-12(3-1)11-8-5-7-9(14-8)10-6-13-7/h5-6,11H,1-4H2. The van der Waals surface area contributed by atoms with Crippen LogP contribution in [0.5, 0.6) is 0 Å². The first-order chi connectivity index (χ1) is 6.92. The molecule has 0 atom stereocenters. The SMILES string of the molecule is c1nc2sc(NN3CCCC3)cc2o1. The molecule has 0 spiro atoms. The Kier molecular flexibility index (Phi) is 1.92. The van der Waals surface area contributed by atoms with Crippen LogP contribution in [0.1, 0.15) is 12.8 Å². The fraction of sp³-hybridized carbons (Fsp3) is 0.444. The monoisotopic (exact) mass is 209 g/mol. The number of oxazole rings is 1. The normalized spacial score (nSPS) is 18.0. The Morgan fingerprint density at radius 3 is 3.07 bits per heavy atom. The number of hydrogen-bond donors (Lipinski definition) is 1. The first-order valence-corrected chi connectivity index (χ1v) is 5.58. The molecule has 2 aromatic rings. The molecule has 14 heavy (non-hydrogen) atoms. The minimum Gasteiger partial charge on any atom is -0.442 e. The van der Waals surface area contributed by atoms with Crippen LogP contribution in [0.3, 0.4) is 0 Å². The molecule has 3 heterocycles. The van der Waals surface area contributed by atoms with Gasteiger partial charge in [-0.25, -0.2) is 9.99 Å². The Morgan fingerprint density at radius 1 is 1.43 bits per heavy atom. The Morgan fingerprint density at radius 2 is 2.29 bits per heavy atom. The van der Waals surface area contributed by atoms with E-state index in [4.69, 9.17) is 4.42 Å². The van der Waals surface area contributed by atoms with Gasteiger partial charge in [0.25, 0.3) is 0 Å². The van der Waals surface area contributed by atoms with Crippen LogP contribution in [-0.4, -0.2) is 23.1 Å². The van der Waals surface area contributed by atoms with Gasteiger partial charge in [0.15, 0.2) is 16.8 Å². The average molecular weight is 209 g/mol. The molecule has 0 saturated carbocycles. The fourth-order valence-corrected chi connectivity index (χ4v) is 2.56. The molecule has 3 rings (SSSR count). The minimum atomic E-state index is 0.872. The van der Waals surface area contributed by atoms with Crippen molar-refractivity contribution in [2.24, 2.45) is 0 Å². The second-order valence-corrected chi connectivity index (χ2v) is 4.47. The van der Waals surface area contributed by atoms with Gasteiger partial charge in [-0.05, 0) is 12.8 Å². The van der Waals surface area contributed by atoms with Crippen molar-refractivity contribution in [1.29, 1.82) is 0 Å². The van der Waals surface area contributed by atoms with Crippen molar-refractivity contribution in [2.75, 3.05) is 18.5 Å². The highest BCUT2D eigenvalue weighted by molar-refractivity contribution is 7.22. The van der Waals surface area contributed by atoms with Crippen molar-refractivity contribution >= 4 is 26.8 Å². The van der Waals surface area contributed by atoms with E-state index in [1.165, 1.54) is 19.2 Å². The third kappa shape index (κ3) is 1.38. The second kappa shape index (κ2) is 3.25. The van der Waals surface area contributed by atoms with E-state index in [0.29, 0.717) is 0 Å². The molecule has 2 aromatic heterocycles. The van der Waals surface area contributed by atoms with Crippen LogP contribution in [0.4, 0.5) is 5.00 Å². The van der Waals surface area contributed by atoms with Gasteiger partial charge < -0.3 is 9.84 Å². The number of hydrogen-bond acceptors (Lipinski definition) is 5. The maximum Gasteiger partial charge on any atom is 0.182 e. The van der Waals surface area contributed by atoms with Gasteiger partial charge in [0.2, 0.25) is 0 Å². The molecule has 1 aliphatic heterocycles. The molecule has 0 amide bonds. The highest BCUT2D eigenvalue weighted by Crippen LogP contribution is 2.29. The van der Waals surface area contributed by atoms with Crippen molar-refractivity contribution in [3.8, 4) is 0 Å². The molecule has 0 bridgehead atoms. The largest absolute Gasteiger partial charge is 0.442 e. The molecule has 1 fully saturated rings. The van der Waals surface area contributed by atoms with Crippen LogP contribution in [-0.2, 0) is 0 Å². The molecule has 1 aliphatic rings. The first kappa shape index (κ1) is 8.26. The van der Waals surface area contributed by atoms with E-state index in [9.17, 15) is 0 Å². The van der Waals surface area contributed by atoms with Crippen molar-refractivity contribution in [3.63, 3.8) is 0 Å². The molecular weight excluding hydrogens is 198 g/mol. The van der Waals surface area contributed by atoms with Crippen LogP contribution in [0.2, 0.25) is 0 Å². The predicted octanol–water partition coefficient (Wildman–Crippen LogP) is 2.31. The third-order valence-corrected chi connectivity index (χ3v) is 3.33. The van der Waals surface area contributed by atoms with Gasteiger partial charge >= 0.3 is 0 Å². The highest BCUT2D eigenvalue weighted by Gasteiger charge is 2.13. The molecule has 4 nitrogen and oxygen atoms in total. The van der Waals surface area contributed by atoms with E-state index >= 15 is 0 Å². The van der Waals surface area contributed by atoms with E-state index in [-0.39, 0.29) is 0 Å². The van der Waals surface area contributed by atoms with Gasteiger partial charge in [-0.1, -0.05) is 11.3 Å². The second-order valence-electron chi connectivity index (χ2n) is 3.44. The molecule has 0 radical (unpaired) electrons. The van der Waals surface area contributed by atoms with E-state index in [1.54, 1.807) is 11.3 Å². The Balaban J connectivity index is 1.80. The van der Waals surface area contributed by atoms with Gasteiger partial charge in [0.1, 0.15) is 5.00 Å². The number of thiophene rings is 1. The van der Waals surface area contributed by atoms with Gasteiger partial charge in [-0.3, -0.25) is 0 Å². The zero-order valence-corrected chi connectivity index (χ0v) is 8.51. The summed E-state index contributed by atoms with van der Waals surface area (Å²) in [6.07, 6.45) is 4.06. The maximum atomic E-state index is 5.20. The lowest BCUT2D eigenvalue weighted by Crippen LogP contribution is -2.25. The summed E-state index contributed by atoms with van der Waals surface area (Å²) in [5.41, 5.74) is 4.24. The quantitative estimate of drug-likeness (QED) is 0.824. The number of fused-ring (bicyclic) bond motifs is 1. The van der Waals surface area contributed by atoms with E-state index < -0.39 is 0 Å². The summed E-state index contributed by atoms with van der Waals surface area (Å²) in [4.78, 5) is 5.07. The number of anilines is 1. The van der Waals surface area contributed by atoms with Crippen molar-refractivity contribution in [2.45, 2.75) is 12.8 Å². The van der Waals surface area contributed by atoms with Crippen LogP contribution in [0.15, 0.2) is 16.9 Å². The van der Waals surface area contributed by atoms with Crippen LogP contribution >= 0.6 is 11.3 Å². The summed E-state index contributed by atoms with van der Waals surface area (Å²) in [6, 6.07) is 2.01. The predicted molar refractivity (Wildman–Crippen MR) is 56.3 cm³/mol. The van der Waals surface area contributed by atoms with Crippen LogP contribution in [0.25, 0.3) is 10.4 Å². The Labute approximate surface area is 85.5 Å². The van der Waals surface area contributed by atoms with Crippen molar-refractivity contribution in [3.05, 3.63) is 12.5 Å². The lowest BCUT2D eigenvalue weighted by molar-refractivity contribution is 0.412. The zero-order valence-electron chi connectivity index (χ0n) is 7.69. The van der Waals surface area contributed by atoms with Gasteiger partial charge in [0.05, 0.1) is 0 Å². The topological polar surface area (TPSA) is 41.3 Å². The molecule has 5 heteroatoms. The lowest BCUT2D eigenvalue weighted by Gasteiger charge is -2.15. The van der Waals surface area contributed by atoms with Crippen molar-refractivity contribution in [1.82, 2.24) is 9.99 Å². The Bertz CT molecular complexity index is 401. The number of nitrogens with zero attached hydrogens (tertiary/aromatic N) is 2. The number of hydrazine groups is 1. The molecule has 0 unspecified atom stereocenters. The van der Waals surface area contributed by atoms with Crippen LogP contribution < -0.4 is 5.43 Å². The maximum absolute atomic E-state index is 5.20. The summed E-state index contributed by atoms with van der Waals surface area (Å²) < 4.78 is 5.20. The molecule has 1 saturated heterocycles. The van der Waals surface area contributed by atoms with Gasteiger partial charge in [-0.15, -0.1) is 0 Å². The fourth-order valence-electron chi connectivity index (χ4n) is 1.71. The molecule has 74 valence electrons. The van der Waals surface area contributed by atoms with E-state index in [0.717, 1.165) is 28.5 Å². The van der Waals surface area contributed by atoms with Crippen molar-refractivity contribution < 1.29 is 4.42 Å². The number of nitrogens with one attached hydrogen (secondary N) is 1. The van der Waals surface area contributed by atoms with Crippen LogP contribution in [0, 0.1) is 0 Å². The smallest absolute Gasteiger partial charge is 0.182 e. The molecule has 1 N–H and O–H groups in total. The molecular formula is C9H11N3OS. The lowest BCUT2D eigenvalue weighted by atomic mass is 10.4. The Hall–Kier alpha value is -1.07. The van der Waals surface area contributed by atoms with Gasteiger partial charge in [-0.2, -0.15) is 0 Å². The third-order valence-electron chi connectivity index (χ3n) is 2.40. The number of aromatic nitrogens is 1.